The lowest BCUT2D eigenvalue weighted by atomic mass is 10.0. The van der Waals surface area contributed by atoms with E-state index in [0.29, 0.717) is 27.8 Å². The van der Waals surface area contributed by atoms with Crippen LogP contribution in [0.4, 0.5) is 0 Å². The molecule has 3 heterocycles. The zero-order valence-electron chi connectivity index (χ0n) is 17.4. The number of carbonyl (C=O) groups is 3. The topological polar surface area (TPSA) is 143 Å². The molecule has 0 spiro atoms. The SMILES string of the molecule is Cc1nnc(SCC2=C(C(=O)O)N3C(=O)C(NC(=O)C(N)c4ccccc4)[C@@H]3SC2)n1C. The van der Waals surface area contributed by atoms with E-state index >= 15 is 0 Å². The Morgan fingerprint density at radius 1 is 1.34 bits per heavy atom. The number of aryl methyl sites for hydroxylation is 1. The smallest absolute Gasteiger partial charge is 0.352 e. The molecule has 0 aliphatic carbocycles. The second kappa shape index (κ2) is 8.96. The first-order chi connectivity index (χ1) is 15.3. The highest BCUT2D eigenvalue weighted by Crippen LogP contribution is 2.41. The first-order valence-electron chi connectivity index (χ1n) is 9.79. The predicted octanol–water partition coefficient (Wildman–Crippen LogP) is 0.654. The number of amides is 2. The predicted molar refractivity (Wildman–Crippen MR) is 120 cm³/mol. The molecule has 3 atom stereocenters. The third kappa shape index (κ3) is 4.00. The summed E-state index contributed by atoms with van der Waals surface area (Å²) in [5.74, 6) is -0.549. The van der Waals surface area contributed by atoms with Crippen LogP contribution >= 0.6 is 23.5 Å². The third-order valence-electron chi connectivity index (χ3n) is 5.42. The molecule has 0 bridgehead atoms. The van der Waals surface area contributed by atoms with Crippen LogP contribution in [-0.2, 0) is 21.4 Å². The van der Waals surface area contributed by atoms with Gasteiger partial charge in [-0.3, -0.25) is 14.5 Å². The molecule has 2 unspecified atom stereocenters. The number of rotatable bonds is 7. The normalized spacial score (nSPS) is 21.1. The van der Waals surface area contributed by atoms with Gasteiger partial charge in [-0.15, -0.1) is 22.0 Å². The van der Waals surface area contributed by atoms with E-state index in [9.17, 15) is 19.5 Å². The maximum absolute atomic E-state index is 12.8. The molecule has 0 saturated carbocycles. The van der Waals surface area contributed by atoms with Gasteiger partial charge in [0.2, 0.25) is 5.91 Å². The zero-order valence-corrected chi connectivity index (χ0v) is 19.0. The fourth-order valence-electron chi connectivity index (χ4n) is 3.51. The van der Waals surface area contributed by atoms with Crippen molar-refractivity contribution >= 4 is 41.3 Å². The van der Waals surface area contributed by atoms with Crippen molar-refractivity contribution < 1.29 is 19.5 Å². The summed E-state index contributed by atoms with van der Waals surface area (Å²) in [5.41, 5.74) is 7.26. The molecule has 12 heteroatoms. The molecule has 2 aliphatic rings. The number of benzene rings is 1. The van der Waals surface area contributed by atoms with Crippen molar-refractivity contribution in [3.05, 3.63) is 53.0 Å². The fraction of sp³-hybridized carbons (Fsp3) is 0.350. The summed E-state index contributed by atoms with van der Waals surface area (Å²) >= 11 is 2.79. The number of thioether (sulfide) groups is 2. The van der Waals surface area contributed by atoms with Crippen LogP contribution in [0.2, 0.25) is 0 Å². The van der Waals surface area contributed by atoms with E-state index in [1.54, 1.807) is 24.3 Å². The van der Waals surface area contributed by atoms with Crippen LogP contribution in [0.25, 0.3) is 0 Å². The van der Waals surface area contributed by atoms with Gasteiger partial charge in [-0.05, 0) is 18.1 Å². The minimum absolute atomic E-state index is 0.0250. The molecule has 1 aromatic carbocycles. The van der Waals surface area contributed by atoms with E-state index in [4.69, 9.17) is 5.73 Å². The van der Waals surface area contributed by atoms with Gasteiger partial charge in [0.05, 0.1) is 0 Å². The molecule has 168 valence electrons. The van der Waals surface area contributed by atoms with Crippen molar-refractivity contribution in [3.8, 4) is 0 Å². The van der Waals surface area contributed by atoms with Gasteiger partial charge in [0.15, 0.2) is 5.16 Å². The Kier molecular flexibility index (Phi) is 6.26. The van der Waals surface area contributed by atoms with E-state index in [0.717, 1.165) is 5.82 Å². The Bertz CT molecular complexity index is 1100. The Hall–Kier alpha value is -2.83. The number of carbonyl (C=O) groups excluding carboxylic acids is 2. The molecule has 32 heavy (non-hydrogen) atoms. The van der Waals surface area contributed by atoms with Gasteiger partial charge >= 0.3 is 5.97 Å². The van der Waals surface area contributed by atoms with Crippen molar-refractivity contribution in [1.29, 1.82) is 0 Å². The number of nitrogens with zero attached hydrogens (tertiary/aromatic N) is 4. The lowest BCUT2D eigenvalue weighted by Crippen LogP contribution is -2.71. The highest BCUT2D eigenvalue weighted by Gasteiger charge is 2.54. The molecular formula is C20H22N6O4S2. The molecule has 2 aromatic rings. The molecule has 2 amide bonds. The van der Waals surface area contributed by atoms with Crippen LogP contribution in [-0.4, -0.2) is 65.5 Å². The highest BCUT2D eigenvalue weighted by atomic mass is 32.2. The summed E-state index contributed by atoms with van der Waals surface area (Å²) in [4.78, 5) is 38.6. The van der Waals surface area contributed by atoms with Crippen molar-refractivity contribution in [2.45, 2.75) is 29.5 Å². The average Bonchev–Trinajstić information content (AvgIpc) is 3.12. The van der Waals surface area contributed by atoms with Gasteiger partial charge in [0.1, 0.15) is 29.0 Å². The minimum atomic E-state index is -1.17. The largest absolute Gasteiger partial charge is 0.477 e. The minimum Gasteiger partial charge on any atom is -0.477 e. The molecule has 2 aliphatic heterocycles. The van der Waals surface area contributed by atoms with Crippen molar-refractivity contribution in [2.24, 2.45) is 12.8 Å². The number of β-lactam (4-membered cyclic amide) rings is 1. The number of fused-ring (bicyclic) bond motifs is 1. The van der Waals surface area contributed by atoms with Gasteiger partial charge in [-0.25, -0.2) is 4.79 Å². The monoisotopic (exact) mass is 474 g/mol. The van der Waals surface area contributed by atoms with E-state index in [2.05, 4.69) is 15.5 Å². The van der Waals surface area contributed by atoms with E-state index in [1.165, 1.54) is 28.4 Å². The maximum Gasteiger partial charge on any atom is 0.352 e. The number of hydrogen-bond donors (Lipinski definition) is 3. The highest BCUT2D eigenvalue weighted by molar-refractivity contribution is 8.01. The summed E-state index contributed by atoms with van der Waals surface area (Å²) in [7, 11) is 1.84. The van der Waals surface area contributed by atoms with Crippen LogP contribution in [0.15, 0.2) is 46.8 Å². The van der Waals surface area contributed by atoms with Crippen LogP contribution < -0.4 is 11.1 Å². The number of hydrogen-bond acceptors (Lipinski definition) is 8. The lowest BCUT2D eigenvalue weighted by Gasteiger charge is -2.49. The quantitative estimate of drug-likeness (QED) is 0.389. The van der Waals surface area contributed by atoms with Crippen LogP contribution in [0.3, 0.4) is 0 Å². The second-order valence-corrected chi connectivity index (χ2v) is 9.47. The van der Waals surface area contributed by atoms with Crippen LogP contribution in [0.5, 0.6) is 0 Å². The Morgan fingerprint density at radius 3 is 2.69 bits per heavy atom. The molecular weight excluding hydrogens is 452 g/mol. The van der Waals surface area contributed by atoms with E-state index < -0.39 is 35.2 Å². The third-order valence-corrected chi connectivity index (χ3v) is 7.86. The summed E-state index contributed by atoms with van der Waals surface area (Å²) in [6.07, 6.45) is 0. The molecule has 0 radical (unpaired) electrons. The number of nitrogens with one attached hydrogen (secondary N) is 1. The lowest BCUT2D eigenvalue weighted by molar-refractivity contribution is -0.150. The van der Waals surface area contributed by atoms with Gasteiger partial charge < -0.3 is 20.7 Å². The van der Waals surface area contributed by atoms with Gasteiger partial charge in [-0.1, -0.05) is 42.1 Å². The molecule has 10 nitrogen and oxygen atoms in total. The van der Waals surface area contributed by atoms with Crippen LogP contribution in [0, 0.1) is 6.92 Å². The van der Waals surface area contributed by atoms with Gasteiger partial charge in [0.25, 0.3) is 5.91 Å². The van der Waals surface area contributed by atoms with E-state index in [-0.39, 0.29) is 5.70 Å². The van der Waals surface area contributed by atoms with Crippen molar-refractivity contribution in [1.82, 2.24) is 25.0 Å². The Morgan fingerprint density at radius 2 is 2.06 bits per heavy atom. The number of carboxylic acids is 1. The summed E-state index contributed by atoms with van der Waals surface area (Å²) in [5, 5.41) is 20.7. The fourth-order valence-corrected chi connectivity index (χ4v) is 5.96. The number of aliphatic carboxylic acids is 1. The van der Waals surface area contributed by atoms with E-state index in [1.807, 2.05) is 24.6 Å². The number of aromatic nitrogens is 3. The van der Waals surface area contributed by atoms with Gasteiger partial charge in [-0.2, -0.15) is 0 Å². The molecule has 1 fully saturated rings. The summed E-state index contributed by atoms with van der Waals surface area (Å²) < 4.78 is 1.82. The molecule has 1 saturated heterocycles. The number of carboxylic acid groups (broad SMARTS) is 1. The maximum atomic E-state index is 12.8. The molecule has 4 rings (SSSR count). The van der Waals surface area contributed by atoms with Gasteiger partial charge in [0, 0.05) is 18.6 Å². The average molecular weight is 475 g/mol. The second-order valence-electron chi connectivity index (χ2n) is 7.42. The molecule has 4 N–H and O–H groups in total. The summed E-state index contributed by atoms with van der Waals surface area (Å²) in [6, 6.07) is 7.13. The van der Waals surface area contributed by atoms with Crippen LogP contribution in [0.1, 0.15) is 17.4 Å². The Labute approximate surface area is 192 Å². The first-order valence-corrected chi connectivity index (χ1v) is 11.8. The standard InChI is InChI=1S/C20H22N6O4S2/c1-10-23-24-20(25(10)2)32-9-12-8-31-18-14(17(28)26(18)15(12)19(29)30)22-16(27)13(21)11-6-4-3-5-7-11/h3-7,13-14,18H,8-9,21H2,1-2H3,(H,22,27)(H,29,30)/t13?,14?,18-/m0/s1. The van der Waals surface area contributed by atoms with Crippen molar-refractivity contribution in [2.75, 3.05) is 11.5 Å². The number of nitrogens with two attached hydrogens (primary N) is 1. The molecule has 1 aromatic heterocycles. The Balaban J connectivity index is 1.46. The first kappa shape index (κ1) is 22.4. The summed E-state index contributed by atoms with van der Waals surface area (Å²) in [6.45, 7) is 1.83. The zero-order chi connectivity index (χ0) is 23.0. The van der Waals surface area contributed by atoms with Crippen molar-refractivity contribution in [3.63, 3.8) is 0 Å².